The number of carbonyl (C=O) groups is 1. The summed E-state index contributed by atoms with van der Waals surface area (Å²) in [5.74, 6) is 0.0574. The average molecular weight is 440 g/mol. The molecular formula is C23H22F2N4O3. The van der Waals surface area contributed by atoms with E-state index in [1.165, 1.54) is 14.2 Å². The number of rotatable bonds is 8. The molecule has 7 nitrogen and oxygen atoms in total. The van der Waals surface area contributed by atoms with Crippen molar-refractivity contribution in [2.24, 2.45) is 7.05 Å². The van der Waals surface area contributed by atoms with Gasteiger partial charge in [-0.1, -0.05) is 6.07 Å². The van der Waals surface area contributed by atoms with Crippen molar-refractivity contribution in [3.8, 4) is 28.3 Å². The lowest BCUT2D eigenvalue weighted by atomic mass is 10.0. The number of alkyl halides is 2. The summed E-state index contributed by atoms with van der Waals surface area (Å²) in [6, 6.07) is 9.25. The molecule has 0 amide bonds. The number of aryl methyl sites for hydroxylation is 1. The number of ether oxygens (including phenoxy) is 2. The summed E-state index contributed by atoms with van der Waals surface area (Å²) in [5, 5.41) is 4.20. The van der Waals surface area contributed by atoms with E-state index in [1.807, 2.05) is 36.0 Å². The molecule has 32 heavy (non-hydrogen) atoms. The molecule has 4 aromatic rings. The molecule has 2 aromatic heterocycles. The van der Waals surface area contributed by atoms with E-state index in [1.54, 1.807) is 29.3 Å². The summed E-state index contributed by atoms with van der Waals surface area (Å²) in [7, 11) is 4.71. The lowest BCUT2D eigenvalue weighted by Gasteiger charge is -2.15. The van der Waals surface area contributed by atoms with Gasteiger partial charge in [0.05, 0.1) is 37.1 Å². The number of aromatic nitrogens is 4. The Labute approximate surface area is 183 Å². The molecule has 0 spiro atoms. The molecule has 4 rings (SSSR count). The standard InChI is InChI=1S/C23H22F2N4O3/c1-28-12-15(11-27-28)14-4-5-18-17(8-14)26-13-29(18)16-9-20(31-2)23(21(10-16)32-3)19(30)6-7-22(24)25/h4-5,8-13,22H,6-7H2,1-3H3. The molecule has 0 fully saturated rings. The second-order valence-electron chi connectivity index (χ2n) is 7.30. The van der Waals surface area contributed by atoms with E-state index in [4.69, 9.17) is 9.47 Å². The topological polar surface area (TPSA) is 71.2 Å². The van der Waals surface area contributed by atoms with E-state index in [2.05, 4.69) is 10.1 Å². The van der Waals surface area contributed by atoms with E-state index in [0.29, 0.717) is 5.69 Å². The predicted molar refractivity (Wildman–Crippen MR) is 116 cm³/mol. The third kappa shape index (κ3) is 4.05. The Bertz CT molecular complexity index is 1250. The van der Waals surface area contributed by atoms with Crippen LogP contribution in [0.15, 0.2) is 49.1 Å². The van der Waals surface area contributed by atoms with E-state index in [-0.39, 0.29) is 23.5 Å². The molecule has 0 aliphatic heterocycles. The SMILES string of the molecule is COc1cc(-n2cnc3cc(-c4cnn(C)c4)ccc32)cc(OC)c1C(=O)CCC(F)F. The Morgan fingerprint density at radius 3 is 2.41 bits per heavy atom. The molecule has 0 atom stereocenters. The van der Waals surface area contributed by atoms with Crippen LogP contribution in [0.4, 0.5) is 8.78 Å². The molecule has 0 aliphatic carbocycles. The summed E-state index contributed by atoms with van der Waals surface area (Å²) in [5.41, 5.74) is 4.42. The lowest BCUT2D eigenvalue weighted by molar-refractivity contribution is 0.0903. The second-order valence-corrected chi connectivity index (χ2v) is 7.30. The van der Waals surface area contributed by atoms with E-state index >= 15 is 0 Å². The van der Waals surface area contributed by atoms with Gasteiger partial charge in [0.25, 0.3) is 0 Å². The normalized spacial score (nSPS) is 11.3. The van der Waals surface area contributed by atoms with Crippen LogP contribution in [0.3, 0.4) is 0 Å². The number of imidazole rings is 1. The zero-order valence-electron chi connectivity index (χ0n) is 17.9. The van der Waals surface area contributed by atoms with Crippen LogP contribution in [0.1, 0.15) is 23.2 Å². The number of halogens is 2. The zero-order chi connectivity index (χ0) is 22.8. The first-order valence-electron chi connectivity index (χ1n) is 9.95. The van der Waals surface area contributed by atoms with E-state index < -0.39 is 18.6 Å². The minimum atomic E-state index is -2.55. The number of hydrogen-bond donors (Lipinski definition) is 0. The lowest BCUT2D eigenvalue weighted by Crippen LogP contribution is -2.08. The van der Waals surface area contributed by atoms with Gasteiger partial charge in [0.1, 0.15) is 23.4 Å². The van der Waals surface area contributed by atoms with Gasteiger partial charge in [-0.3, -0.25) is 14.0 Å². The van der Waals surface area contributed by atoms with Crippen molar-refractivity contribution in [2.75, 3.05) is 14.2 Å². The fourth-order valence-electron chi connectivity index (χ4n) is 3.65. The maximum Gasteiger partial charge on any atom is 0.239 e. The Morgan fingerprint density at radius 2 is 1.81 bits per heavy atom. The number of ketones is 1. The number of nitrogens with zero attached hydrogens (tertiary/aromatic N) is 4. The van der Waals surface area contributed by atoms with Crippen LogP contribution in [-0.4, -0.2) is 45.8 Å². The second kappa shape index (κ2) is 8.78. The van der Waals surface area contributed by atoms with E-state index in [9.17, 15) is 13.6 Å². The third-order valence-corrected chi connectivity index (χ3v) is 5.22. The van der Waals surface area contributed by atoms with Crippen LogP contribution in [-0.2, 0) is 7.05 Å². The largest absolute Gasteiger partial charge is 0.496 e. The van der Waals surface area contributed by atoms with Crippen LogP contribution >= 0.6 is 0 Å². The van der Waals surface area contributed by atoms with Crippen molar-refractivity contribution in [3.05, 3.63) is 54.6 Å². The molecule has 2 aromatic carbocycles. The fourth-order valence-corrected chi connectivity index (χ4v) is 3.65. The highest BCUT2D eigenvalue weighted by Crippen LogP contribution is 2.35. The minimum absolute atomic E-state index is 0.155. The maximum atomic E-state index is 12.6. The summed E-state index contributed by atoms with van der Waals surface area (Å²) in [6.45, 7) is 0. The first-order valence-corrected chi connectivity index (χ1v) is 9.95. The molecule has 2 heterocycles. The smallest absolute Gasteiger partial charge is 0.239 e. The minimum Gasteiger partial charge on any atom is -0.496 e. The monoisotopic (exact) mass is 440 g/mol. The van der Waals surface area contributed by atoms with Gasteiger partial charge < -0.3 is 9.47 Å². The number of hydrogen-bond acceptors (Lipinski definition) is 5. The van der Waals surface area contributed by atoms with Crippen molar-refractivity contribution in [1.82, 2.24) is 19.3 Å². The van der Waals surface area contributed by atoms with Gasteiger partial charge in [0.15, 0.2) is 5.78 Å². The molecule has 0 aliphatic rings. The Morgan fingerprint density at radius 1 is 1.09 bits per heavy atom. The highest BCUT2D eigenvalue weighted by molar-refractivity contribution is 6.02. The Hall–Kier alpha value is -3.75. The molecular weight excluding hydrogens is 418 g/mol. The van der Waals surface area contributed by atoms with Gasteiger partial charge >= 0.3 is 0 Å². The van der Waals surface area contributed by atoms with E-state index in [0.717, 1.165) is 22.2 Å². The van der Waals surface area contributed by atoms with Crippen LogP contribution in [0.5, 0.6) is 11.5 Å². The van der Waals surface area contributed by atoms with Crippen LogP contribution in [0.2, 0.25) is 0 Å². The quantitative estimate of drug-likeness (QED) is 0.373. The van der Waals surface area contributed by atoms with Gasteiger partial charge in [-0.2, -0.15) is 5.10 Å². The molecule has 0 saturated carbocycles. The fraction of sp³-hybridized carbons (Fsp3) is 0.261. The molecule has 0 saturated heterocycles. The molecule has 9 heteroatoms. The Kier molecular flexibility index (Phi) is 5.89. The molecule has 166 valence electrons. The number of benzene rings is 2. The number of Topliss-reactive ketones (excluding diaryl/α,β-unsaturated/α-hetero) is 1. The van der Waals surface area contributed by atoms with Crippen LogP contribution in [0.25, 0.3) is 27.8 Å². The first-order chi connectivity index (χ1) is 15.4. The van der Waals surface area contributed by atoms with Crippen LogP contribution in [0, 0.1) is 0 Å². The predicted octanol–water partition coefficient (Wildman–Crippen LogP) is 4.67. The zero-order valence-corrected chi connectivity index (χ0v) is 17.9. The number of carbonyl (C=O) groups excluding carboxylic acids is 1. The van der Waals surface area contributed by atoms with Crippen molar-refractivity contribution < 1.29 is 23.0 Å². The van der Waals surface area contributed by atoms with Crippen LogP contribution < -0.4 is 9.47 Å². The molecule has 0 unspecified atom stereocenters. The van der Waals surface area contributed by atoms with Gasteiger partial charge in [-0.25, -0.2) is 13.8 Å². The number of methoxy groups -OCH3 is 2. The van der Waals surface area contributed by atoms with Crippen molar-refractivity contribution in [2.45, 2.75) is 19.3 Å². The highest BCUT2D eigenvalue weighted by Gasteiger charge is 2.22. The molecule has 0 N–H and O–H groups in total. The van der Waals surface area contributed by atoms with Gasteiger partial charge in [0, 0.05) is 43.8 Å². The molecule has 0 bridgehead atoms. The highest BCUT2D eigenvalue weighted by atomic mass is 19.3. The Balaban J connectivity index is 1.75. The average Bonchev–Trinajstić information content (AvgIpc) is 3.42. The van der Waals surface area contributed by atoms with Gasteiger partial charge in [-0.15, -0.1) is 0 Å². The van der Waals surface area contributed by atoms with Gasteiger partial charge in [0.2, 0.25) is 6.43 Å². The summed E-state index contributed by atoms with van der Waals surface area (Å²) in [6.07, 6.45) is 2.02. The first kappa shape index (κ1) is 21.5. The summed E-state index contributed by atoms with van der Waals surface area (Å²) < 4.78 is 39.6. The summed E-state index contributed by atoms with van der Waals surface area (Å²) >= 11 is 0. The number of fused-ring (bicyclic) bond motifs is 1. The molecule has 0 radical (unpaired) electrons. The third-order valence-electron chi connectivity index (χ3n) is 5.22. The van der Waals surface area contributed by atoms with Crippen molar-refractivity contribution in [1.29, 1.82) is 0 Å². The van der Waals surface area contributed by atoms with Crippen molar-refractivity contribution >= 4 is 16.8 Å². The maximum absolute atomic E-state index is 12.6. The van der Waals surface area contributed by atoms with Gasteiger partial charge in [-0.05, 0) is 17.7 Å². The summed E-state index contributed by atoms with van der Waals surface area (Å²) in [4.78, 5) is 17.1. The van der Waals surface area contributed by atoms with Crippen molar-refractivity contribution in [3.63, 3.8) is 0 Å².